The fourth-order valence-electron chi connectivity index (χ4n) is 0.886. The van der Waals surface area contributed by atoms with E-state index in [1.54, 1.807) is 23.5 Å². The van der Waals surface area contributed by atoms with E-state index in [9.17, 15) is 9.59 Å². The molecule has 0 aromatic carbocycles. The van der Waals surface area contributed by atoms with E-state index in [1.165, 1.54) is 6.08 Å². The second-order valence-corrected chi connectivity index (χ2v) is 3.69. The third-order valence-corrected chi connectivity index (χ3v) is 1.81. The predicted molar refractivity (Wildman–Crippen MR) is 56.4 cm³/mol. The van der Waals surface area contributed by atoms with Gasteiger partial charge in [-0.2, -0.15) is 0 Å². The molecule has 0 saturated heterocycles. The van der Waals surface area contributed by atoms with Crippen LogP contribution in [0.3, 0.4) is 0 Å². The van der Waals surface area contributed by atoms with Crippen LogP contribution in [-0.4, -0.2) is 41.9 Å². The zero-order chi connectivity index (χ0) is 11.8. The van der Waals surface area contributed by atoms with Gasteiger partial charge in [0.25, 0.3) is 5.91 Å². The van der Waals surface area contributed by atoms with Crippen molar-refractivity contribution in [2.75, 3.05) is 20.1 Å². The predicted octanol–water partition coefficient (Wildman–Crippen LogP) is 0.205. The van der Waals surface area contributed by atoms with Crippen molar-refractivity contribution in [2.45, 2.75) is 13.8 Å². The Balaban J connectivity index is 3.85. The lowest BCUT2D eigenvalue weighted by Gasteiger charge is -2.11. The second kappa shape index (κ2) is 7.14. The summed E-state index contributed by atoms with van der Waals surface area (Å²) in [7, 11) is 1.72. The first-order chi connectivity index (χ1) is 6.97. The maximum absolute atomic E-state index is 11.2. The summed E-state index contributed by atoms with van der Waals surface area (Å²) in [5.41, 5.74) is 1.54. The smallest absolute Gasteiger partial charge is 0.257 e. The molecule has 0 aliphatic carbocycles. The van der Waals surface area contributed by atoms with Crippen molar-refractivity contribution in [3.8, 4) is 0 Å². The fraction of sp³-hybridized carbons (Fsp3) is 0.600. The summed E-state index contributed by atoms with van der Waals surface area (Å²) in [5.74, 6) is -0.414. The van der Waals surface area contributed by atoms with Crippen LogP contribution in [-0.2, 0) is 9.59 Å². The fourth-order valence-corrected chi connectivity index (χ4v) is 0.886. The second-order valence-electron chi connectivity index (χ2n) is 3.69. The number of ketones is 1. The molecule has 0 saturated carbocycles. The molecule has 0 aromatic heterocycles. The molecule has 0 aliphatic rings. The molecule has 86 valence electrons. The average molecular weight is 214 g/mol. The van der Waals surface area contributed by atoms with E-state index in [1.807, 2.05) is 13.8 Å². The van der Waals surface area contributed by atoms with Gasteiger partial charge in [-0.3, -0.25) is 19.7 Å². The van der Waals surface area contributed by atoms with E-state index in [2.05, 4.69) is 0 Å². The van der Waals surface area contributed by atoms with Gasteiger partial charge in [-0.25, -0.2) is 5.48 Å². The molecule has 15 heavy (non-hydrogen) atoms. The molecule has 0 spiro atoms. The van der Waals surface area contributed by atoms with Crippen LogP contribution in [0, 0.1) is 5.92 Å². The third-order valence-electron chi connectivity index (χ3n) is 1.81. The minimum Gasteiger partial charge on any atom is -0.295 e. The summed E-state index contributed by atoms with van der Waals surface area (Å²) in [6, 6.07) is 0. The topological polar surface area (TPSA) is 69.6 Å². The first-order valence-electron chi connectivity index (χ1n) is 4.79. The Labute approximate surface area is 89.7 Å². The van der Waals surface area contributed by atoms with Gasteiger partial charge in [-0.15, -0.1) is 0 Å². The van der Waals surface area contributed by atoms with Crippen molar-refractivity contribution >= 4 is 11.7 Å². The SMILES string of the molecule is CC(C)C(=O)/C=C/CN(C)CC(=O)NO. The Morgan fingerprint density at radius 1 is 1.47 bits per heavy atom. The molecule has 1 amide bonds. The average Bonchev–Trinajstić information content (AvgIpc) is 2.17. The van der Waals surface area contributed by atoms with Crippen LogP contribution in [0.15, 0.2) is 12.2 Å². The van der Waals surface area contributed by atoms with Gasteiger partial charge < -0.3 is 0 Å². The highest BCUT2D eigenvalue weighted by atomic mass is 16.5. The van der Waals surface area contributed by atoms with E-state index >= 15 is 0 Å². The molecule has 0 rings (SSSR count). The number of amides is 1. The van der Waals surface area contributed by atoms with E-state index < -0.39 is 5.91 Å². The number of hydrogen-bond acceptors (Lipinski definition) is 4. The number of hydrogen-bond donors (Lipinski definition) is 2. The normalized spacial score (nSPS) is 11.3. The number of likely N-dealkylation sites (N-methyl/N-ethyl adjacent to an activating group) is 1. The van der Waals surface area contributed by atoms with Crippen LogP contribution in [0.25, 0.3) is 0 Å². The Morgan fingerprint density at radius 3 is 2.53 bits per heavy atom. The Morgan fingerprint density at radius 2 is 2.07 bits per heavy atom. The van der Waals surface area contributed by atoms with Gasteiger partial charge in [0.05, 0.1) is 6.54 Å². The molecular formula is C10H18N2O3. The number of allylic oxidation sites excluding steroid dienone is 1. The van der Waals surface area contributed by atoms with Crippen LogP contribution < -0.4 is 5.48 Å². The highest BCUT2D eigenvalue weighted by molar-refractivity contribution is 5.91. The quantitative estimate of drug-likeness (QED) is 0.376. The molecule has 0 fully saturated rings. The first-order valence-corrected chi connectivity index (χ1v) is 4.79. The molecule has 0 atom stereocenters. The van der Waals surface area contributed by atoms with E-state index in [0.29, 0.717) is 6.54 Å². The molecule has 0 aliphatic heterocycles. The van der Waals surface area contributed by atoms with Gasteiger partial charge in [0.1, 0.15) is 0 Å². The number of carbonyl (C=O) groups excluding carboxylic acids is 2. The van der Waals surface area contributed by atoms with Crippen molar-refractivity contribution in [3.05, 3.63) is 12.2 Å². The van der Waals surface area contributed by atoms with Crippen molar-refractivity contribution in [1.82, 2.24) is 10.4 Å². The zero-order valence-electron chi connectivity index (χ0n) is 9.36. The molecule has 5 heteroatoms. The van der Waals surface area contributed by atoms with Gasteiger partial charge in [-0.1, -0.05) is 19.9 Å². The first kappa shape index (κ1) is 13.8. The molecule has 0 bridgehead atoms. The number of carbonyl (C=O) groups is 2. The van der Waals surface area contributed by atoms with Gasteiger partial charge in [0.2, 0.25) is 0 Å². The minimum atomic E-state index is -0.471. The molecule has 0 radical (unpaired) electrons. The van der Waals surface area contributed by atoms with Crippen molar-refractivity contribution in [1.29, 1.82) is 0 Å². The summed E-state index contributed by atoms with van der Waals surface area (Å²) < 4.78 is 0. The van der Waals surface area contributed by atoms with Crippen LogP contribution in [0.2, 0.25) is 0 Å². The van der Waals surface area contributed by atoms with Crippen LogP contribution >= 0.6 is 0 Å². The summed E-state index contributed by atoms with van der Waals surface area (Å²) >= 11 is 0. The maximum atomic E-state index is 11.2. The maximum Gasteiger partial charge on any atom is 0.257 e. The lowest BCUT2D eigenvalue weighted by molar-refractivity contribution is -0.129. The highest BCUT2D eigenvalue weighted by Crippen LogP contribution is 1.95. The van der Waals surface area contributed by atoms with E-state index in [4.69, 9.17) is 5.21 Å². The van der Waals surface area contributed by atoms with Gasteiger partial charge >= 0.3 is 0 Å². The highest BCUT2D eigenvalue weighted by Gasteiger charge is 2.04. The zero-order valence-corrected chi connectivity index (χ0v) is 9.36. The van der Waals surface area contributed by atoms with Crippen LogP contribution in [0.5, 0.6) is 0 Å². The van der Waals surface area contributed by atoms with Gasteiger partial charge in [-0.05, 0) is 13.1 Å². The molecule has 5 nitrogen and oxygen atoms in total. The molecule has 0 heterocycles. The Bertz CT molecular complexity index is 249. The minimum absolute atomic E-state index is 0.00713. The Hall–Kier alpha value is -1.20. The number of nitrogens with one attached hydrogen (secondary N) is 1. The van der Waals surface area contributed by atoms with Gasteiger partial charge in [0.15, 0.2) is 5.78 Å². The summed E-state index contributed by atoms with van der Waals surface area (Å²) in [5, 5.41) is 8.27. The largest absolute Gasteiger partial charge is 0.295 e. The molecule has 0 aromatic rings. The van der Waals surface area contributed by atoms with Crippen LogP contribution in [0.1, 0.15) is 13.8 Å². The standard InChI is InChI=1S/C10H18N2O3/c1-8(2)9(13)5-4-6-12(3)7-10(14)11-15/h4-5,8,15H,6-7H2,1-3H3,(H,11,14)/b5-4+. The molecule has 0 unspecified atom stereocenters. The van der Waals surface area contributed by atoms with Gasteiger partial charge in [0, 0.05) is 12.5 Å². The summed E-state index contributed by atoms with van der Waals surface area (Å²) in [6.45, 7) is 4.24. The van der Waals surface area contributed by atoms with E-state index in [-0.39, 0.29) is 18.2 Å². The van der Waals surface area contributed by atoms with Crippen molar-refractivity contribution < 1.29 is 14.8 Å². The summed E-state index contributed by atoms with van der Waals surface area (Å²) in [4.78, 5) is 23.6. The lowest BCUT2D eigenvalue weighted by atomic mass is 10.1. The van der Waals surface area contributed by atoms with Crippen molar-refractivity contribution in [3.63, 3.8) is 0 Å². The monoisotopic (exact) mass is 214 g/mol. The molecule has 2 N–H and O–H groups in total. The lowest BCUT2D eigenvalue weighted by Crippen LogP contribution is -2.33. The third kappa shape index (κ3) is 6.82. The number of nitrogens with zero attached hydrogens (tertiary/aromatic N) is 1. The van der Waals surface area contributed by atoms with Crippen LogP contribution in [0.4, 0.5) is 0 Å². The summed E-state index contributed by atoms with van der Waals surface area (Å²) in [6.07, 6.45) is 3.21. The Kier molecular flexibility index (Phi) is 6.57. The molecular weight excluding hydrogens is 196 g/mol. The number of hydroxylamine groups is 1. The van der Waals surface area contributed by atoms with E-state index in [0.717, 1.165) is 0 Å². The van der Waals surface area contributed by atoms with Crippen molar-refractivity contribution in [2.24, 2.45) is 5.92 Å². The number of rotatable bonds is 6.